The highest BCUT2D eigenvalue weighted by molar-refractivity contribution is 6.32. The molecule has 1 aromatic carbocycles. The van der Waals surface area contributed by atoms with Crippen molar-refractivity contribution < 1.29 is 24.1 Å². The van der Waals surface area contributed by atoms with Crippen LogP contribution in [0.5, 0.6) is 11.5 Å². The second kappa shape index (κ2) is 6.12. The molecule has 19 heavy (non-hydrogen) atoms. The molecule has 1 atom stereocenters. The zero-order valence-corrected chi connectivity index (χ0v) is 11.3. The van der Waals surface area contributed by atoms with E-state index in [4.69, 9.17) is 30.9 Å². The predicted molar refractivity (Wildman–Crippen MR) is 68.9 cm³/mol. The summed E-state index contributed by atoms with van der Waals surface area (Å²) < 4.78 is 16.3. The van der Waals surface area contributed by atoms with Gasteiger partial charge in [0.1, 0.15) is 0 Å². The van der Waals surface area contributed by atoms with Crippen LogP contribution in [0.25, 0.3) is 0 Å². The van der Waals surface area contributed by atoms with Gasteiger partial charge in [-0.25, -0.2) is 4.79 Å². The molecule has 2 rings (SSSR count). The molecule has 0 spiro atoms. The summed E-state index contributed by atoms with van der Waals surface area (Å²) >= 11 is 6.12. The van der Waals surface area contributed by atoms with E-state index in [1.54, 1.807) is 12.1 Å². The number of fused-ring (bicyclic) bond motifs is 1. The van der Waals surface area contributed by atoms with Crippen LogP contribution in [0, 0.1) is 0 Å². The van der Waals surface area contributed by atoms with Crippen LogP contribution in [0.15, 0.2) is 12.1 Å². The Morgan fingerprint density at radius 3 is 2.95 bits per heavy atom. The summed E-state index contributed by atoms with van der Waals surface area (Å²) in [7, 11) is 0. The molecule has 1 heterocycles. The van der Waals surface area contributed by atoms with Gasteiger partial charge in [0.25, 0.3) is 0 Å². The maximum Gasteiger partial charge on any atom is 0.332 e. The SMILES string of the molecule is C[C@@H](OCc1cc(Cl)c2c(c1)OCCCO2)C(=O)O. The fourth-order valence-electron chi connectivity index (χ4n) is 1.66. The van der Waals surface area contributed by atoms with E-state index in [1.165, 1.54) is 6.92 Å². The molecule has 1 aliphatic rings. The molecular weight excluding hydrogens is 272 g/mol. The predicted octanol–water partition coefficient (Wildman–Crippen LogP) is 2.49. The number of ether oxygens (including phenoxy) is 3. The van der Waals surface area contributed by atoms with Crippen molar-refractivity contribution in [3.63, 3.8) is 0 Å². The summed E-state index contributed by atoms with van der Waals surface area (Å²) in [6.45, 7) is 2.77. The number of aliphatic carboxylic acids is 1. The largest absolute Gasteiger partial charge is 0.489 e. The number of hydrogen-bond donors (Lipinski definition) is 1. The van der Waals surface area contributed by atoms with Gasteiger partial charge in [0.05, 0.1) is 24.8 Å². The van der Waals surface area contributed by atoms with E-state index in [0.717, 1.165) is 12.0 Å². The van der Waals surface area contributed by atoms with Crippen LogP contribution in [0.1, 0.15) is 18.9 Å². The zero-order chi connectivity index (χ0) is 13.8. The van der Waals surface area contributed by atoms with Crippen molar-refractivity contribution in [2.45, 2.75) is 26.1 Å². The Kier molecular flexibility index (Phi) is 4.50. The molecule has 6 heteroatoms. The lowest BCUT2D eigenvalue weighted by atomic mass is 10.2. The first-order valence-corrected chi connectivity index (χ1v) is 6.38. The molecule has 0 bridgehead atoms. The molecule has 1 N–H and O–H groups in total. The van der Waals surface area contributed by atoms with Gasteiger partial charge in [-0.1, -0.05) is 11.6 Å². The summed E-state index contributed by atoms with van der Waals surface area (Å²) in [4.78, 5) is 10.7. The molecule has 0 saturated carbocycles. The van der Waals surface area contributed by atoms with E-state index in [1.807, 2.05) is 0 Å². The van der Waals surface area contributed by atoms with E-state index < -0.39 is 12.1 Å². The van der Waals surface area contributed by atoms with Gasteiger partial charge in [0.15, 0.2) is 17.6 Å². The smallest absolute Gasteiger partial charge is 0.332 e. The third kappa shape index (κ3) is 3.52. The Balaban J connectivity index is 2.12. The van der Waals surface area contributed by atoms with Crippen molar-refractivity contribution >= 4 is 17.6 Å². The quantitative estimate of drug-likeness (QED) is 0.921. The van der Waals surface area contributed by atoms with E-state index in [2.05, 4.69) is 0 Å². The molecule has 5 nitrogen and oxygen atoms in total. The number of halogens is 1. The third-order valence-corrected chi connectivity index (χ3v) is 2.99. The molecule has 104 valence electrons. The Bertz CT molecular complexity index is 474. The molecule has 0 unspecified atom stereocenters. The highest BCUT2D eigenvalue weighted by Gasteiger charge is 2.17. The molecule has 0 aromatic heterocycles. The maximum atomic E-state index is 10.7. The Morgan fingerprint density at radius 1 is 1.47 bits per heavy atom. The van der Waals surface area contributed by atoms with Gasteiger partial charge in [-0.3, -0.25) is 0 Å². The topological polar surface area (TPSA) is 65.0 Å². The van der Waals surface area contributed by atoms with Gasteiger partial charge in [-0.2, -0.15) is 0 Å². The van der Waals surface area contributed by atoms with Crippen molar-refractivity contribution in [3.8, 4) is 11.5 Å². The Morgan fingerprint density at radius 2 is 2.21 bits per heavy atom. The maximum absolute atomic E-state index is 10.7. The Labute approximate surface area is 116 Å². The normalized spacial score (nSPS) is 15.7. The summed E-state index contributed by atoms with van der Waals surface area (Å²) in [6, 6.07) is 3.46. The molecule has 0 saturated heterocycles. The van der Waals surface area contributed by atoms with Gasteiger partial charge in [0, 0.05) is 6.42 Å². The molecule has 0 fully saturated rings. The average molecular weight is 287 g/mol. The van der Waals surface area contributed by atoms with Gasteiger partial charge in [0.2, 0.25) is 0 Å². The van der Waals surface area contributed by atoms with Crippen molar-refractivity contribution in [1.29, 1.82) is 0 Å². The second-order valence-electron chi connectivity index (χ2n) is 4.25. The number of carboxylic acid groups (broad SMARTS) is 1. The lowest BCUT2D eigenvalue weighted by Crippen LogP contribution is -2.19. The summed E-state index contributed by atoms with van der Waals surface area (Å²) in [5.41, 5.74) is 0.752. The van der Waals surface area contributed by atoms with E-state index >= 15 is 0 Å². The molecule has 0 amide bonds. The third-order valence-electron chi connectivity index (χ3n) is 2.71. The number of hydrogen-bond acceptors (Lipinski definition) is 4. The minimum atomic E-state index is -1.000. The minimum absolute atomic E-state index is 0.157. The van der Waals surface area contributed by atoms with Crippen LogP contribution in [-0.4, -0.2) is 30.4 Å². The van der Waals surface area contributed by atoms with Crippen molar-refractivity contribution in [2.75, 3.05) is 13.2 Å². The molecule has 0 aliphatic carbocycles. The fourth-order valence-corrected chi connectivity index (χ4v) is 1.95. The molecule has 0 radical (unpaired) electrons. The van der Waals surface area contributed by atoms with Crippen LogP contribution >= 0.6 is 11.6 Å². The average Bonchev–Trinajstić information content (AvgIpc) is 2.61. The van der Waals surface area contributed by atoms with Gasteiger partial charge in [-0.05, 0) is 24.6 Å². The van der Waals surface area contributed by atoms with Gasteiger partial charge >= 0.3 is 5.97 Å². The fraction of sp³-hybridized carbons (Fsp3) is 0.462. The molecule has 1 aliphatic heterocycles. The number of rotatable bonds is 4. The van der Waals surface area contributed by atoms with Crippen LogP contribution in [0.2, 0.25) is 5.02 Å². The highest BCUT2D eigenvalue weighted by Crippen LogP contribution is 2.38. The van der Waals surface area contributed by atoms with Crippen LogP contribution < -0.4 is 9.47 Å². The van der Waals surface area contributed by atoms with E-state index in [9.17, 15) is 4.79 Å². The van der Waals surface area contributed by atoms with Crippen LogP contribution in [0.3, 0.4) is 0 Å². The Hall–Kier alpha value is -1.46. The zero-order valence-electron chi connectivity index (χ0n) is 10.5. The first-order valence-electron chi connectivity index (χ1n) is 6.00. The summed E-state index contributed by atoms with van der Waals surface area (Å²) in [6.07, 6.45) is -0.0675. The van der Waals surface area contributed by atoms with Crippen LogP contribution in [0.4, 0.5) is 0 Å². The monoisotopic (exact) mass is 286 g/mol. The second-order valence-corrected chi connectivity index (χ2v) is 4.65. The van der Waals surface area contributed by atoms with Gasteiger partial charge < -0.3 is 19.3 Å². The standard InChI is InChI=1S/C13H15ClO5/c1-8(13(15)16)19-7-9-5-10(14)12-11(6-9)17-3-2-4-18-12/h5-6,8H,2-4,7H2,1H3,(H,15,16)/t8-/m1/s1. The van der Waals surface area contributed by atoms with Gasteiger partial charge in [-0.15, -0.1) is 0 Å². The molecular formula is C13H15ClO5. The van der Waals surface area contributed by atoms with E-state index in [-0.39, 0.29) is 6.61 Å². The summed E-state index contributed by atoms with van der Waals surface area (Å²) in [5, 5.41) is 9.19. The van der Waals surface area contributed by atoms with Crippen molar-refractivity contribution in [1.82, 2.24) is 0 Å². The van der Waals surface area contributed by atoms with Crippen molar-refractivity contribution in [2.24, 2.45) is 0 Å². The first-order chi connectivity index (χ1) is 9.08. The lowest BCUT2D eigenvalue weighted by Gasteiger charge is -2.13. The minimum Gasteiger partial charge on any atom is -0.489 e. The van der Waals surface area contributed by atoms with Crippen LogP contribution in [-0.2, 0) is 16.1 Å². The highest BCUT2D eigenvalue weighted by atomic mass is 35.5. The molecule has 1 aromatic rings. The number of carbonyl (C=O) groups is 1. The number of carboxylic acids is 1. The van der Waals surface area contributed by atoms with Crippen molar-refractivity contribution in [3.05, 3.63) is 22.7 Å². The first kappa shape index (κ1) is 14.0. The lowest BCUT2D eigenvalue weighted by molar-refractivity contribution is -0.149. The summed E-state index contributed by atoms with van der Waals surface area (Å²) in [5.74, 6) is 0.112. The number of benzene rings is 1. The van der Waals surface area contributed by atoms with E-state index in [0.29, 0.717) is 29.7 Å².